The molecule has 7 nitrogen and oxygen atoms in total. The first-order chi connectivity index (χ1) is 10.6. The molecule has 1 aromatic rings. The van der Waals surface area contributed by atoms with Crippen LogP contribution in [-0.2, 0) is 4.74 Å². The van der Waals surface area contributed by atoms with Gasteiger partial charge in [-0.05, 0) is 32.9 Å². The number of carbonyl (C=O) groups is 2. The van der Waals surface area contributed by atoms with Gasteiger partial charge >= 0.3 is 6.09 Å². The predicted molar refractivity (Wildman–Crippen MR) is 84.0 cm³/mol. The minimum Gasteiger partial charge on any atom is -0.444 e. The van der Waals surface area contributed by atoms with Crippen molar-refractivity contribution in [2.24, 2.45) is 0 Å². The zero-order valence-corrected chi connectivity index (χ0v) is 13.2. The lowest BCUT2D eigenvalue weighted by atomic mass is 10.0. The van der Waals surface area contributed by atoms with Gasteiger partial charge in [0.2, 0.25) is 0 Å². The Morgan fingerprint density at radius 3 is 2.35 bits per heavy atom. The minimum atomic E-state index is -0.962. The van der Waals surface area contributed by atoms with Gasteiger partial charge in [0.15, 0.2) is 5.78 Å². The number of non-ortho nitro benzene ring substituents is 1. The summed E-state index contributed by atoms with van der Waals surface area (Å²) in [4.78, 5) is 34.2. The fourth-order valence-electron chi connectivity index (χ4n) is 1.73. The number of ketones is 1. The lowest BCUT2D eigenvalue weighted by Gasteiger charge is -2.22. The number of hydrogen-bond acceptors (Lipinski definition) is 5. The third-order valence-electron chi connectivity index (χ3n) is 2.69. The number of Topliss-reactive ketones (excluding diaryl/α,β-unsaturated/α-hetero) is 1. The van der Waals surface area contributed by atoms with Gasteiger partial charge in [0.1, 0.15) is 11.6 Å². The summed E-state index contributed by atoms with van der Waals surface area (Å²) in [5.41, 5.74) is -0.622. The fraction of sp³-hybridized carbons (Fsp3) is 0.375. The molecule has 0 spiro atoms. The van der Waals surface area contributed by atoms with Crippen LogP contribution >= 0.6 is 0 Å². The van der Waals surface area contributed by atoms with Crippen LogP contribution in [-0.4, -0.2) is 28.4 Å². The molecule has 1 amide bonds. The van der Waals surface area contributed by atoms with Crippen LogP contribution in [0.5, 0.6) is 0 Å². The second-order valence-corrected chi connectivity index (χ2v) is 5.78. The molecule has 7 heteroatoms. The van der Waals surface area contributed by atoms with E-state index < -0.39 is 28.4 Å². The number of terminal acetylenes is 1. The molecule has 0 aliphatic carbocycles. The molecule has 122 valence electrons. The molecule has 1 N–H and O–H groups in total. The van der Waals surface area contributed by atoms with Crippen molar-refractivity contribution < 1.29 is 19.2 Å². The molecule has 0 radical (unpaired) electrons. The van der Waals surface area contributed by atoms with Gasteiger partial charge in [-0.3, -0.25) is 14.9 Å². The number of nitrogens with zero attached hydrogens (tertiary/aromatic N) is 1. The number of nitrogens with one attached hydrogen (secondary N) is 1. The molecule has 0 aliphatic rings. The van der Waals surface area contributed by atoms with Crippen LogP contribution in [0.2, 0.25) is 0 Å². The molecular weight excluding hydrogens is 300 g/mol. The van der Waals surface area contributed by atoms with Crippen molar-refractivity contribution in [3.63, 3.8) is 0 Å². The SMILES string of the molecule is C#CCC(NC(=O)OC(C)(C)C)C(=O)c1ccc([N+](=O)[O-])cc1. The summed E-state index contributed by atoms with van der Waals surface area (Å²) in [6.07, 6.45) is 4.45. The molecular formula is C16H18N2O5. The molecule has 1 atom stereocenters. The highest BCUT2D eigenvalue weighted by atomic mass is 16.6. The predicted octanol–water partition coefficient (Wildman–Crippen LogP) is 2.69. The van der Waals surface area contributed by atoms with Gasteiger partial charge < -0.3 is 10.1 Å². The molecule has 0 saturated carbocycles. The van der Waals surface area contributed by atoms with Gasteiger partial charge in [0.05, 0.1) is 4.92 Å². The molecule has 1 unspecified atom stereocenters. The van der Waals surface area contributed by atoms with Crippen LogP contribution in [0.3, 0.4) is 0 Å². The third kappa shape index (κ3) is 5.79. The van der Waals surface area contributed by atoms with E-state index in [1.165, 1.54) is 24.3 Å². The number of amides is 1. The van der Waals surface area contributed by atoms with Crippen molar-refractivity contribution in [2.75, 3.05) is 0 Å². The van der Waals surface area contributed by atoms with E-state index in [0.717, 1.165) is 0 Å². The van der Waals surface area contributed by atoms with E-state index in [1.54, 1.807) is 20.8 Å². The van der Waals surface area contributed by atoms with Gasteiger partial charge in [0.25, 0.3) is 5.69 Å². The highest BCUT2D eigenvalue weighted by molar-refractivity contribution is 6.01. The molecule has 0 aliphatic heterocycles. The number of alkyl carbamates (subject to hydrolysis) is 1. The Labute approximate surface area is 134 Å². The quantitative estimate of drug-likeness (QED) is 0.389. The number of benzene rings is 1. The minimum absolute atomic E-state index is 0.0188. The second kappa shape index (κ2) is 7.40. The van der Waals surface area contributed by atoms with Crippen LogP contribution in [0, 0.1) is 22.5 Å². The number of rotatable bonds is 5. The Hall–Kier alpha value is -2.88. The smallest absolute Gasteiger partial charge is 0.408 e. The first-order valence-corrected chi connectivity index (χ1v) is 6.85. The van der Waals surface area contributed by atoms with Crippen molar-refractivity contribution in [2.45, 2.75) is 38.8 Å². The largest absolute Gasteiger partial charge is 0.444 e. The lowest BCUT2D eigenvalue weighted by Crippen LogP contribution is -2.43. The van der Waals surface area contributed by atoms with Crippen molar-refractivity contribution in [3.05, 3.63) is 39.9 Å². The first-order valence-electron chi connectivity index (χ1n) is 6.85. The van der Waals surface area contributed by atoms with Crippen LogP contribution in [0.15, 0.2) is 24.3 Å². The topological polar surface area (TPSA) is 98.5 Å². The van der Waals surface area contributed by atoms with E-state index >= 15 is 0 Å². The second-order valence-electron chi connectivity index (χ2n) is 5.78. The van der Waals surface area contributed by atoms with E-state index in [2.05, 4.69) is 11.2 Å². The van der Waals surface area contributed by atoms with Crippen molar-refractivity contribution >= 4 is 17.6 Å². The standard InChI is InChI=1S/C16H18N2O5/c1-5-6-13(17-15(20)23-16(2,3)4)14(19)11-7-9-12(10-8-11)18(21)22/h1,7-10,13H,6H2,2-4H3,(H,17,20). The Morgan fingerprint density at radius 2 is 1.91 bits per heavy atom. The van der Waals surface area contributed by atoms with E-state index in [4.69, 9.17) is 11.2 Å². The third-order valence-corrected chi connectivity index (χ3v) is 2.69. The number of carbonyl (C=O) groups excluding carboxylic acids is 2. The van der Waals surface area contributed by atoms with Crippen LogP contribution in [0.4, 0.5) is 10.5 Å². The van der Waals surface area contributed by atoms with Crippen molar-refractivity contribution in [1.29, 1.82) is 0 Å². The highest BCUT2D eigenvalue weighted by Gasteiger charge is 2.25. The molecule has 0 bridgehead atoms. The molecule has 1 rings (SSSR count). The van der Waals surface area contributed by atoms with Gasteiger partial charge in [-0.2, -0.15) is 0 Å². The van der Waals surface area contributed by atoms with Crippen LogP contribution < -0.4 is 5.32 Å². The van der Waals surface area contributed by atoms with Gasteiger partial charge in [-0.25, -0.2) is 4.79 Å². The maximum atomic E-state index is 12.4. The Kier molecular flexibility index (Phi) is 5.85. The number of nitro groups is 1. The zero-order valence-electron chi connectivity index (χ0n) is 13.2. The molecule has 0 heterocycles. The monoisotopic (exact) mass is 318 g/mol. The molecule has 23 heavy (non-hydrogen) atoms. The molecule has 0 aromatic heterocycles. The van der Waals surface area contributed by atoms with E-state index in [0.29, 0.717) is 0 Å². The summed E-state index contributed by atoms with van der Waals surface area (Å²) in [7, 11) is 0. The average Bonchev–Trinajstić information content (AvgIpc) is 2.44. The van der Waals surface area contributed by atoms with Crippen molar-refractivity contribution in [3.8, 4) is 12.3 Å². The number of nitro benzene ring substituents is 1. The summed E-state index contributed by atoms with van der Waals surface area (Å²) in [5, 5.41) is 13.0. The zero-order chi connectivity index (χ0) is 17.6. The van der Waals surface area contributed by atoms with E-state index in [1.807, 2.05) is 0 Å². The maximum absolute atomic E-state index is 12.4. The number of ether oxygens (including phenoxy) is 1. The highest BCUT2D eigenvalue weighted by Crippen LogP contribution is 2.14. The van der Waals surface area contributed by atoms with Gasteiger partial charge in [-0.1, -0.05) is 0 Å². The molecule has 1 aromatic carbocycles. The summed E-state index contributed by atoms with van der Waals surface area (Å²) >= 11 is 0. The maximum Gasteiger partial charge on any atom is 0.408 e. The molecule has 0 saturated heterocycles. The summed E-state index contributed by atoms with van der Waals surface area (Å²) in [6.45, 7) is 5.09. The molecule has 0 fully saturated rings. The lowest BCUT2D eigenvalue weighted by molar-refractivity contribution is -0.384. The Bertz CT molecular complexity index is 638. The first kappa shape index (κ1) is 18.2. The van der Waals surface area contributed by atoms with Crippen LogP contribution in [0.1, 0.15) is 37.6 Å². The van der Waals surface area contributed by atoms with Crippen LogP contribution in [0.25, 0.3) is 0 Å². The van der Waals surface area contributed by atoms with E-state index in [9.17, 15) is 19.7 Å². The fourth-order valence-corrected chi connectivity index (χ4v) is 1.73. The van der Waals surface area contributed by atoms with Gasteiger partial charge in [0, 0.05) is 24.1 Å². The van der Waals surface area contributed by atoms with E-state index in [-0.39, 0.29) is 17.7 Å². The average molecular weight is 318 g/mol. The summed E-state index contributed by atoms with van der Waals surface area (Å²) in [6, 6.07) is 4.11. The Morgan fingerprint density at radius 1 is 1.35 bits per heavy atom. The van der Waals surface area contributed by atoms with Gasteiger partial charge in [-0.15, -0.1) is 12.3 Å². The summed E-state index contributed by atoms with van der Waals surface area (Å²) < 4.78 is 5.09. The summed E-state index contributed by atoms with van der Waals surface area (Å²) in [5.74, 6) is 1.88. The number of hydrogen-bond donors (Lipinski definition) is 1. The van der Waals surface area contributed by atoms with Crippen molar-refractivity contribution in [1.82, 2.24) is 5.32 Å². The normalized spacial score (nSPS) is 11.9. The Balaban J connectivity index is 2.88.